The normalized spacial score (nSPS) is 10.2. The number of methoxy groups -OCH3 is 1. The molecule has 1 aromatic heterocycles. The second-order valence-corrected chi connectivity index (χ2v) is 4.36. The fraction of sp³-hybridized carbons (Fsp3) is 0.0588. The van der Waals surface area contributed by atoms with Gasteiger partial charge in [0.2, 0.25) is 5.88 Å². The van der Waals surface area contributed by atoms with Gasteiger partial charge in [-0.15, -0.1) is 0 Å². The summed E-state index contributed by atoms with van der Waals surface area (Å²) in [5.41, 5.74) is 4.22. The summed E-state index contributed by atoms with van der Waals surface area (Å²) in [6.45, 7) is 0. The Morgan fingerprint density at radius 1 is 0.750 bits per heavy atom. The van der Waals surface area contributed by atoms with Crippen LogP contribution in [0.4, 0.5) is 0 Å². The number of benzene rings is 2. The summed E-state index contributed by atoms with van der Waals surface area (Å²) >= 11 is 0. The zero-order valence-corrected chi connectivity index (χ0v) is 11.2. The van der Waals surface area contributed by atoms with Gasteiger partial charge in [0.05, 0.1) is 25.2 Å². The van der Waals surface area contributed by atoms with E-state index >= 15 is 0 Å². The minimum absolute atomic E-state index is 0.519. The first-order valence-electron chi connectivity index (χ1n) is 6.39. The molecule has 0 unspecified atom stereocenters. The molecule has 0 bridgehead atoms. The summed E-state index contributed by atoms with van der Waals surface area (Å²) < 4.78 is 5.05. The van der Waals surface area contributed by atoms with Crippen LogP contribution in [0.3, 0.4) is 0 Å². The molecule has 98 valence electrons. The highest BCUT2D eigenvalue weighted by Gasteiger charge is 2.08. The molecule has 0 N–H and O–H groups in total. The standard InChI is InChI=1S/C17H14N2O/c1-20-17-12-18-16(11-19-17)15-10-6-5-9-14(15)13-7-3-2-4-8-13/h2-12H,1H3. The molecule has 20 heavy (non-hydrogen) atoms. The highest BCUT2D eigenvalue weighted by atomic mass is 16.5. The fourth-order valence-corrected chi connectivity index (χ4v) is 2.14. The lowest BCUT2D eigenvalue weighted by Gasteiger charge is -2.09. The monoisotopic (exact) mass is 262 g/mol. The minimum Gasteiger partial charge on any atom is -0.480 e. The lowest BCUT2D eigenvalue weighted by Crippen LogP contribution is -1.92. The number of aromatic nitrogens is 2. The SMILES string of the molecule is COc1cnc(-c2ccccc2-c2ccccc2)cn1. The van der Waals surface area contributed by atoms with Crippen LogP contribution in [-0.4, -0.2) is 17.1 Å². The highest BCUT2D eigenvalue weighted by molar-refractivity contribution is 5.81. The Kier molecular flexibility index (Phi) is 3.42. The van der Waals surface area contributed by atoms with Crippen molar-refractivity contribution in [2.75, 3.05) is 7.11 Å². The first-order valence-corrected chi connectivity index (χ1v) is 6.39. The van der Waals surface area contributed by atoms with Crippen LogP contribution in [0.15, 0.2) is 67.0 Å². The summed E-state index contributed by atoms with van der Waals surface area (Å²) in [5.74, 6) is 0.519. The van der Waals surface area contributed by atoms with E-state index in [1.165, 1.54) is 5.56 Å². The Bertz CT molecular complexity index is 694. The molecule has 3 nitrogen and oxygen atoms in total. The molecule has 0 saturated heterocycles. The smallest absolute Gasteiger partial charge is 0.232 e. The molecule has 0 fully saturated rings. The van der Waals surface area contributed by atoms with Gasteiger partial charge in [0.25, 0.3) is 0 Å². The van der Waals surface area contributed by atoms with Crippen molar-refractivity contribution in [2.45, 2.75) is 0 Å². The van der Waals surface area contributed by atoms with Crippen molar-refractivity contribution in [1.82, 2.24) is 9.97 Å². The molecule has 0 amide bonds. The van der Waals surface area contributed by atoms with Crippen LogP contribution in [-0.2, 0) is 0 Å². The average molecular weight is 262 g/mol. The zero-order chi connectivity index (χ0) is 13.8. The van der Waals surface area contributed by atoms with Gasteiger partial charge >= 0.3 is 0 Å². The zero-order valence-electron chi connectivity index (χ0n) is 11.2. The Hall–Kier alpha value is -2.68. The van der Waals surface area contributed by atoms with E-state index in [0.717, 1.165) is 16.8 Å². The van der Waals surface area contributed by atoms with Gasteiger partial charge in [-0.05, 0) is 11.1 Å². The van der Waals surface area contributed by atoms with E-state index in [1.54, 1.807) is 19.5 Å². The summed E-state index contributed by atoms with van der Waals surface area (Å²) in [4.78, 5) is 8.64. The van der Waals surface area contributed by atoms with E-state index in [0.29, 0.717) is 5.88 Å². The Balaban J connectivity index is 2.10. The van der Waals surface area contributed by atoms with Crippen LogP contribution in [0.1, 0.15) is 0 Å². The van der Waals surface area contributed by atoms with Gasteiger partial charge in [-0.3, -0.25) is 0 Å². The van der Waals surface area contributed by atoms with Crippen molar-refractivity contribution >= 4 is 0 Å². The van der Waals surface area contributed by atoms with Crippen molar-refractivity contribution < 1.29 is 4.74 Å². The van der Waals surface area contributed by atoms with Gasteiger partial charge in [0.1, 0.15) is 0 Å². The van der Waals surface area contributed by atoms with Gasteiger partial charge in [0.15, 0.2) is 0 Å². The van der Waals surface area contributed by atoms with E-state index in [4.69, 9.17) is 4.74 Å². The first kappa shape index (κ1) is 12.4. The maximum absolute atomic E-state index is 5.05. The molecule has 0 spiro atoms. The Labute approximate surface area is 117 Å². The van der Waals surface area contributed by atoms with E-state index in [-0.39, 0.29) is 0 Å². The van der Waals surface area contributed by atoms with Gasteiger partial charge in [0, 0.05) is 5.56 Å². The average Bonchev–Trinajstić information content (AvgIpc) is 2.56. The molecule has 3 heteroatoms. The summed E-state index contributed by atoms with van der Waals surface area (Å²) in [5, 5.41) is 0. The Morgan fingerprint density at radius 2 is 1.45 bits per heavy atom. The number of hydrogen-bond donors (Lipinski definition) is 0. The number of nitrogens with zero attached hydrogens (tertiary/aromatic N) is 2. The highest BCUT2D eigenvalue weighted by Crippen LogP contribution is 2.30. The predicted molar refractivity (Wildman–Crippen MR) is 79.5 cm³/mol. The van der Waals surface area contributed by atoms with E-state index in [1.807, 2.05) is 30.3 Å². The molecule has 2 aromatic carbocycles. The molecular weight excluding hydrogens is 248 g/mol. The molecule has 3 rings (SSSR count). The molecule has 0 aliphatic carbocycles. The largest absolute Gasteiger partial charge is 0.480 e. The molecule has 0 aliphatic heterocycles. The van der Waals surface area contributed by atoms with Crippen molar-refractivity contribution in [3.05, 3.63) is 67.0 Å². The number of ether oxygens (including phenoxy) is 1. The third-order valence-electron chi connectivity index (χ3n) is 3.13. The van der Waals surface area contributed by atoms with Crippen LogP contribution < -0.4 is 4.74 Å². The second-order valence-electron chi connectivity index (χ2n) is 4.36. The quantitative estimate of drug-likeness (QED) is 0.719. The van der Waals surface area contributed by atoms with Crippen LogP contribution in [0.2, 0.25) is 0 Å². The minimum atomic E-state index is 0.519. The fourth-order valence-electron chi connectivity index (χ4n) is 2.14. The lowest BCUT2D eigenvalue weighted by atomic mass is 9.98. The molecule has 1 heterocycles. The van der Waals surface area contributed by atoms with Crippen LogP contribution in [0, 0.1) is 0 Å². The first-order chi connectivity index (χ1) is 9.88. The van der Waals surface area contributed by atoms with Gasteiger partial charge < -0.3 is 4.74 Å². The van der Waals surface area contributed by atoms with Crippen molar-refractivity contribution in [3.8, 4) is 28.3 Å². The third kappa shape index (κ3) is 2.38. The third-order valence-corrected chi connectivity index (χ3v) is 3.13. The molecule has 0 saturated carbocycles. The second kappa shape index (κ2) is 5.53. The van der Waals surface area contributed by atoms with Gasteiger partial charge in [-0.25, -0.2) is 9.97 Å². The Morgan fingerprint density at radius 3 is 2.10 bits per heavy atom. The molecule has 0 radical (unpaired) electrons. The molecule has 3 aromatic rings. The lowest BCUT2D eigenvalue weighted by molar-refractivity contribution is 0.396. The van der Waals surface area contributed by atoms with Crippen LogP contribution in [0.5, 0.6) is 5.88 Å². The molecule has 0 aliphatic rings. The summed E-state index contributed by atoms with van der Waals surface area (Å²) in [6.07, 6.45) is 3.37. The molecular formula is C17H14N2O. The molecule has 0 atom stereocenters. The number of rotatable bonds is 3. The summed E-state index contributed by atoms with van der Waals surface area (Å²) in [6, 6.07) is 18.5. The topological polar surface area (TPSA) is 35.0 Å². The van der Waals surface area contributed by atoms with Crippen molar-refractivity contribution in [2.24, 2.45) is 0 Å². The van der Waals surface area contributed by atoms with Gasteiger partial charge in [-0.1, -0.05) is 54.6 Å². The van der Waals surface area contributed by atoms with E-state index < -0.39 is 0 Å². The van der Waals surface area contributed by atoms with Crippen LogP contribution in [0.25, 0.3) is 22.4 Å². The maximum Gasteiger partial charge on any atom is 0.232 e. The maximum atomic E-state index is 5.05. The van der Waals surface area contributed by atoms with Crippen LogP contribution >= 0.6 is 0 Å². The number of hydrogen-bond acceptors (Lipinski definition) is 3. The van der Waals surface area contributed by atoms with E-state index in [2.05, 4.69) is 34.2 Å². The van der Waals surface area contributed by atoms with Crippen molar-refractivity contribution in [1.29, 1.82) is 0 Å². The van der Waals surface area contributed by atoms with Crippen molar-refractivity contribution in [3.63, 3.8) is 0 Å². The summed E-state index contributed by atoms with van der Waals surface area (Å²) in [7, 11) is 1.58. The predicted octanol–water partition coefficient (Wildman–Crippen LogP) is 3.82. The van der Waals surface area contributed by atoms with E-state index in [9.17, 15) is 0 Å². The van der Waals surface area contributed by atoms with Gasteiger partial charge in [-0.2, -0.15) is 0 Å².